The van der Waals surface area contributed by atoms with Gasteiger partial charge >= 0.3 is 0 Å². The van der Waals surface area contributed by atoms with Gasteiger partial charge in [0.05, 0.1) is 0 Å². The molecule has 0 aromatic heterocycles. The van der Waals surface area contributed by atoms with Gasteiger partial charge in [0.2, 0.25) is 0 Å². The molecule has 0 spiro atoms. The Kier molecular flexibility index (Phi) is 3.28. The highest BCUT2D eigenvalue weighted by atomic mass is 16.3. The summed E-state index contributed by atoms with van der Waals surface area (Å²) in [5, 5.41) is 25.6. The lowest BCUT2D eigenvalue weighted by atomic mass is 9.96. The molecule has 0 aliphatic heterocycles. The summed E-state index contributed by atoms with van der Waals surface area (Å²) in [5.41, 5.74) is 2.35. The van der Waals surface area contributed by atoms with Crippen LogP contribution < -0.4 is 10.2 Å². The first kappa shape index (κ1) is 12.5. The fourth-order valence-corrected chi connectivity index (χ4v) is 2.10. The van der Waals surface area contributed by atoms with Crippen LogP contribution in [0.2, 0.25) is 0 Å². The highest BCUT2D eigenvalue weighted by Gasteiger charge is 2.05. The van der Waals surface area contributed by atoms with E-state index in [1.165, 1.54) is 0 Å². The molecule has 0 saturated carbocycles. The average molecular weight is 240 g/mol. The maximum atomic E-state index is 12.3. The Morgan fingerprint density at radius 3 is 2.17 bits per heavy atom. The van der Waals surface area contributed by atoms with Crippen molar-refractivity contribution >= 4 is 10.8 Å². The summed E-state index contributed by atoms with van der Waals surface area (Å²) in [6.07, 6.45) is 2.52. The van der Waals surface area contributed by atoms with Gasteiger partial charge in [0.25, 0.3) is 0 Å². The van der Waals surface area contributed by atoms with Crippen molar-refractivity contribution in [3.05, 3.63) is 47.0 Å². The molecule has 0 saturated heterocycles. The van der Waals surface area contributed by atoms with Gasteiger partial charge < -0.3 is 10.2 Å². The van der Waals surface area contributed by atoms with E-state index in [1.54, 1.807) is 31.2 Å². The van der Waals surface area contributed by atoms with Crippen LogP contribution in [0.25, 0.3) is 10.8 Å². The van der Waals surface area contributed by atoms with Crippen LogP contribution in [0, 0.1) is 6.92 Å². The minimum absolute atomic E-state index is 0.0137. The van der Waals surface area contributed by atoms with Crippen LogP contribution in [-0.4, -0.2) is 0 Å². The fourth-order valence-electron chi connectivity index (χ4n) is 2.10. The Labute approximate surface area is 107 Å². The highest BCUT2D eigenvalue weighted by molar-refractivity contribution is 5.94. The highest BCUT2D eigenvalue weighted by Crippen LogP contribution is 2.36. The minimum Gasteiger partial charge on any atom is -0.872 e. The minimum atomic E-state index is -0.0256. The molecule has 2 nitrogen and oxygen atoms in total. The van der Waals surface area contributed by atoms with E-state index in [0.717, 1.165) is 5.57 Å². The smallest absolute Gasteiger partial charge is 0.00984 e. The summed E-state index contributed by atoms with van der Waals surface area (Å²) in [6.45, 7) is 5.71. The first-order valence-corrected chi connectivity index (χ1v) is 6.04. The molecular formula is C16H16O2-2. The van der Waals surface area contributed by atoms with Crippen LogP contribution in [-0.2, 0) is 6.42 Å². The van der Waals surface area contributed by atoms with E-state index >= 15 is 0 Å². The number of benzene rings is 2. The summed E-state index contributed by atoms with van der Waals surface area (Å²) < 4.78 is 0. The second-order valence-electron chi connectivity index (χ2n) is 4.79. The maximum absolute atomic E-state index is 12.3. The molecule has 18 heavy (non-hydrogen) atoms. The monoisotopic (exact) mass is 240 g/mol. The van der Waals surface area contributed by atoms with Crippen LogP contribution in [0.15, 0.2) is 35.9 Å². The molecule has 2 aromatic carbocycles. The zero-order valence-electron chi connectivity index (χ0n) is 10.9. The maximum Gasteiger partial charge on any atom is -0.00984 e. The second kappa shape index (κ2) is 4.73. The molecule has 2 aromatic rings. The van der Waals surface area contributed by atoms with Gasteiger partial charge in [0.15, 0.2) is 0 Å². The van der Waals surface area contributed by atoms with Gasteiger partial charge in [-0.3, -0.25) is 0 Å². The quantitative estimate of drug-likeness (QED) is 0.758. The normalized spacial score (nSPS) is 10.6. The third kappa shape index (κ3) is 2.06. The molecule has 0 radical (unpaired) electrons. The van der Waals surface area contributed by atoms with Gasteiger partial charge in [-0.1, -0.05) is 53.0 Å². The van der Waals surface area contributed by atoms with Crippen LogP contribution in [0.1, 0.15) is 25.0 Å². The summed E-state index contributed by atoms with van der Waals surface area (Å²) in [6, 6.07) is 7.03. The van der Waals surface area contributed by atoms with Gasteiger partial charge in [-0.15, -0.1) is 0 Å². The third-order valence-corrected chi connectivity index (χ3v) is 3.20. The van der Waals surface area contributed by atoms with Crippen molar-refractivity contribution in [2.75, 3.05) is 0 Å². The van der Waals surface area contributed by atoms with Crippen molar-refractivity contribution in [1.82, 2.24) is 0 Å². The van der Waals surface area contributed by atoms with Crippen molar-refractivity contribution in [3.63, 3.8) is 0 Å². The fraction of sp³-hybridized carbons (Fsp3) is 0.250. The third-order valence-electron chi connectivity index (χ3n) is 3.20. The van der Waals surface area contributed by atoms with Crippen LogP contribution >= 0.6 is 0 Å². The van der Waals surface area contributed by atoms with E-state index in [4.69, 9.17) is 0 Å². The van der Waals surface area contributed by atoms with Crippen molar-refractivity contribution < 1.29 is 10.2 Å². The Balaban J connectivity index is 2.70. The van der Waals surface area contributed by atoms with Crippen LogP contribution in [0.3, 0.4) is 0 Å². The average Bonchev–Trinajstić information content (AvgIpc) is 2.36. The zero-order chi connectivity index (χ0) is 13.3. The number of rotatable bonds is 2. The molecule has 94 valence electrons. The molecule has 0 fully saturated rings. The predicted molar refractivity (Wildman–Crippen MR) is 70.7 cm³/mol. The van der Waals surface area contributed by atoms with Crippen molar-refractivity contribution in [3.8, 4) is 11.5 Å². The van der Waals surface area contributed by atoms with Crippen LogP contribution in [0.4, 0.5) is 0 Å². The van der Waals surface area contributed by atoms with Crippen molar-refractivity contribution in [1.29, 1.82) is 0 Å². The standard InChI is InChI=1S/C16H18O2/c1-10(2)8-9-12-11(3)15(17)13-6-4-5-7-14(13)16(12)18/h4-8,17-18H,9H2,1-3H3/p-2. The first-order valence-electron chi connectivity index (χ1n) is 6.04. The van der Waals surface area contributed by atoms with E-state index in [9.17, 15) is 10.2 Å². The number of hydrogen-bond donors (Lipinski definition) is 0. The molecule has 0 bridgehead atoms. The van der Waals surface area contributed by atoms with E-state index in [1.807, 2.05) is 19.9 Å². The van der Waals surface area contributed by atoms with Gasteiger partial charge in [-0.25, -0.2) is 0 Å². The molecule has 0 aliphatic rings. The number of allylic oxidation sites excluding steroid dienone is 2. The molecule has 0 aliphatic carbocycles. The number of hydrogen-bond acceptors (Lipinski definition) is 2. The van der Waals surface area contributed by atoms with Gasteiger partial charge in [-0.05, 0) is 43.5 Å². The molecule has 0 N–H and O–H groups in total. The molecule has 0 atom stereocenters. The largest absolute Gasteiger partial charge is 0.872 e. The molecule has 2 heteroatoms. The molecule has 0 heterocycles. The number of fused-ring (bicyclic) bond motifs is 1. The Hall–Kier alpha value is -1.96. The van der Waals surface area contributed by atoms with Gasteiger partial charge in [-0.2, -0.15) is 0 Å². The summed E-state index contributed by atoms with van der Waals surface area (Å²) in [5.74, 6) is -0.0393. The Bertz CT molecular complexity index is 621. The van der Waals surface area contributed by atoms with Gasteiger partial charge in [0.1, 0.15) is 0 Å². The molecule has 2 rings (SSSR count). The lowest BCUT2D eigenvalue weighted by Crippen LogP contribution is -2.05. The molecule has 0 unspecified atom stereocenters. The molecular weight excluding hydrogens is 224 g/mol. The lowest BCUT2D eigenvalue weighted by molar-refractivity contribution is -0.272. The summed E-state index contributed by atoms with van der Waals surface area (Å²) in [7, 11) is 0. The Morgan fingerprint density at radius 2 is 1.61 bits per heavy atom. The SMILES string of the molecule is CC(C)=CCc1c(C)c([O-])c2ccccc2c1[O-]. The second-order valence-corrected chi connectivity index (χ2v) is 4.79. The topological polar surface area (TPSA) is 46.1 Å². The summed E-state index contributed by atoms with van der Waals surface area (Å²) in [4.78, 5) is 0. The van der Waals surface area contributed by atoms with Crippen LogP contribution in [0.5, 0.6) is 11.5 Å². The zero-order valence-corrected chi connectivity index (χ0v) is 10.9. The predicted octanol–water partition coefficient (Wildman–Crippen LogP) is 2.80. The van der Waals surface area contributed by atoms with E-state index < -0.39 is 0 Å². The Morgan fingerprint density at radius 1 is 1.06 bits per heavy atom. The van der Waals surface area contributed by atoms with Crippen molar-refractivity contribution in [2.24, 2.45) is 0 Å². The first-order chi connectivity index (χ1) is 8.52. The van der Waals surface area contributed by atoms with E-state index in [0.29, 0.717) is 28.3 Å². The summed E-state index contributed by atoms with van der Waals surface area (Å²) >= 11 is 0. The van der Waals surface area contributed by atoms with E-state index in [2.05, 4.69) is 0 Å². The molecule has 0 amide bonds. The van der Waals surface area contributed by atoms with Gasteiger partial charge in [0, 0.05) is 0 Å². The van der Waals surface area contributed by atoms with E-state index in [-0.39, 0.29) is 11.5 Å². The van der Waals surface area contributed by atoms with Crippen molar-refractivity contribution in [2.45, 2.75) is 27.2 Å². The lowest BCUT2D eigenvalue weighted by Gasteiger charge is -2.25.